The number of ether oxygens (including phenoxy) is 1. The lowest BCUT2D eigenvalue weighted by atomic mass is 9.87. The molecule has 2 fully saturated rings. The Bertz CT molecular complexity index is 449. The Kier molecular flexibility index (Phi) is 5.65. The van der Waals surface area contributed by atoms with E-state index in [4.69, 9.17) is 4.74 Å². The van der Waals surface area contributed by atoms with E-state index in [0.717, 1.165) is 13.1 Å². The fourth-order valence-corrected chi connectivity index (χ4v) is 3.46. The van der Waals surface area contributed by atoms with Gasteiger partial charge in [0.05, 0.1) is 30.8 Å². The average molecular weight is 327 g/mol. The minimum Gasteiger partial charge on any atom is -0.388 e. The lowest BCUT2D eigenvalue weighted by Crippen LogP contribution is -2.62. The lowest BCUT2D eigenvalue weighted by Gasteiger charge is -2.45. The second-order valence-corrected chi connectivity index (χ2v) is 7.06. The summed E-state index contributed by atoms with van der Waals surface area (Å²) in [5, 5.41) is 13.2. The van der Waals surface area contributed by atoms with E-state index in [-0.39, 0.29) is 24.8 Å². The Morgan fingerprint density at radius 1 is 1.26 bits per heavy atom. The summed E-state index contributed by atoms with van der Waals surface area (Å²) in [6, 6.07) is 0. The molecule has 0 saturated carbocycles. The maximum Gasteiger partial charge on any atom is 0.242 e. The predicted octanol–water partition coefficient (Wildman–Crippen LogP) is -0.413. The van der Waals surface area contributed by atoms with Crippen molar-refractivity contribution in [2.75, 3.05) is 46.4 Å². The molecular formula is C16H29N3O4. The molecule has 132 valence electrons. The van der Waals surface area contributed by atoms with Crippen molar-refractivity contribution in [2.45, 2.75) is 44.2 Å². The van der Waals surface area contributed by atoms with E-state index in [0.29, 0.717) is 32.6 Å². The summed E-state index contributed by atoms with van der Waals surface area (Å²) in [4.78, 5) is 28.4. The van der Waals surface area contributed by atoms with Gasteiger partial charge in [-0.05, 0) is 26.7 Å². The summed E-state index contributed by atoms with van der Waals surface area (Å²) >= 11 is 0. The number of hydrogen-bond acceptors (Lipinski definition) is 5. The summed E-state index contributed by atoms with van der Waals surface area (Å²) in [6.45, 7) is 7.43. The summed E-state index contributed by atoms with van der Waals surface area (Å²) in [5.74, 6) is -0.191. The molecule has 0 aromatic rings. The molecule has 2 rings (SSSR count). The summed E-state index contributed by atoms with van der Waals surface area (Å²) < 4.78 is 5.36. The van der Waals surface area contributed by atoms with E-state index in [2.05, 4.69) is 10.2 Å². The fourth-order valence-electron chi connectivity index (χ4n) is 3.46. The molecule has 7 nitrogen and oxygen atoms in total. The predicted molar refractivity (Wildman–Crippen MR) is 85.9 cm³/mol. The van der Waals surface area contributed by atoms with Crippen LogP contribution >= 0.6 is 0 Å². The van der Waals surface area contributed by atoms with E-state index in [1.165, 1.54) is 0 Å². The lowest BCUT2D eigenvalue weighted by molar-refractivity contribution is -0.154. The van der Waals surface area contributed by atoms with E-state index in [1.807, 2.05) is 13.8 Å². The standard InChI is InChI=1S/C16H29N3O4/c1-15(2,19-7-9-23-10-8-19)14(21)18-6-4-5-16(22,12-18)11-13(20)17-3/h22H,4-12H2,1-3H3,(H,17,20). The number of β-amino-alcohol motifs (C(OH)–C–C–N with tert-alkyl or cyclic N) is 1. The minimum absolute atomic E-state index is 0.00873. The van der Waals surface area contributed by atoms with Gasteiger partial charge in [0.1, 0.15) is 0 Å². The molecule has 0 aromatic heterocycles. The molecule has 2 heterocycles. The maximum atomic E-state index is 13.0. The van der Waals surface area contributed by atoms with Crippen LogP contribution in [0.15, 0.2) is 0 Å². The molecule has 0 radical (unpaired) electrons. The second kappa shape index (κ2) is 7.15. The van der Waals surface area contributed by atoms with Gasteiger partial charge in [-0.2, -0.15) is 0 Å². The zero-order valence-corrected chi connectivity index (χ0v) is 14.4. The van der Waals surface area contributed by atoms with Gasteiger partial charge in [-0.25, -0.2) is 0 Å². The normalized spacial score (nSPS) is 26.9. The molecule has 7 heteroatoms. The van der Waals surface area contributed by atoms with Gasteiger partial charge in [0.2, 0.25) is 11.8 Å². The third-order valence-electron chi connectivity index (χ3n) is 4.94. The van der Waals surface area contributed by atoms with Crippen molar-refractivity contribution in [1.29, 1.82) is 0 Å². The molecule has 1 unspecified atom stereocenters. The first kappa shape index (κ1) is 18.2. The molecule has 2 N–H and O–H groups in total. The topological polar surface area (TPSA) is 82.1 Å². The number of piperidine rings is 1. The van der Waals surface area contributed by atoms with E-state index in [1.54, 1.807) is 11.9 Å². The molecule has 23 heavy (non-hydrogen) atoms. The smallest absolute Gasteiger partial charge is 0.242 e. The molecule has 2 aliphatic heterocycles. The van der Waals surface area contributed by atoms with Crippen molar-refractivity contribution in [3.63, 3.8) is 0 Å². The summed E-state index contributed by atoms with van der Waals surface area (Å²) in [7, 11) is 1.55. The van der Waals surface area contributed by atoms with E-state index < -0.39 is 11.1 Å². The first-order valence-electron chi connectivity index (χ1n) is 8.34. The van der Waals surface area contributed by atoms with Crippen LogP contribution in [-0.4, -0.2) is 84.3 Å². The largest absolute Gasteiger partial charge is 0.388 e. The van der Waals surface area contributed by atoms with Crippen LogP contribution in [0.5, 0.6) is 0 Å². The van der Waals surface area contributed by atoms with Crippen LogP contribution in [0.1, 0.15) is 33.1 Å². The highest BCUT2D eigenvalue weighted by Gasteiger charge is 2.43. The highest BCUT2D eigenvalue weighted by atomic mass is 16.5. The van der Waals surface area contributed by atoms with Crippen LogP contribution in [-0.2, 0) is 14.3 Å². The van der Waals surface area contributed by atoms with Gasteiger partial charge >= 0.3 is 0 Å². The van der Waals surface area contributed by atoms with Crippen molar-refractivity contribution >= 4 is 11.8 Å². The van der Waals surface area contributed by atoms with Crippen LogP contribution in [0.25, 0.3) is 0 Å². The fraction of sp³-hybridized carbons (Fsp3) is 0.875. The number of nitrogens with one attached hydrogen (secondary N) is 1. The number of aliphatic hydroxyl groups is 1. The van der Waals surface area contributed by atoms with Gasteiger partial charge in [0, 0.05) is 33.2 Å². The number of amides is 2. The Hall–Kier alpha value is -1.18. The van der Waals surface area contributed by atoms with E-state index >= 15 is 0 Å². The number of hydrogen-bond donors (Lipinski definition) is 2. The first-order chi connectivity index (χ1) is 10.8. The van der Waals surface area contributed by atoms with Gasteiger partial charge in [-0.15, -0.1) is 0 Å². The number of morpholine rings is 1. The quantitative estimate of drug-likeness (QED) is 0.733. The van der Waals surface area contributed by atoms with Crippen molar-refractivity contribution in [3.05, 3.63) is 0 Å². The van der Waals surface area contributed by atoms with Crippen molar-refractivity contribution < 1.29 is 19.4 Å². The minimum atomic E-state index is -1.13. The first-order valence-corrected chi connectivity index (χ1v) is 8.34. The molecule has 2 amide bonds. The number of likely N-dealkylation sites (tertiary alicyclic amines) is 1. The van der Waals surface area contributed by atoms with Crippen LogP contribution in [0, 0.1) is 0 Å². The third kappa shape index (κ3) is 4.22. The molecule has 0 aromatic carbocycles. The Labute approximate surface area is 138 Å². The Morgan fingerprint density at radius 3 is 2.52 bits per heavy atom. The monoisotopic (exact) mass is 327 g/mol. The van der Waals surface area contributed by atoms with Gasteiger partial charge in [0.15, 0.2) is 0 Å². The highest BCUT2D eigenvalue weighted by molar-refractivity contribution is 5.86. The van der Waals surface area contributed by atoms with Crippen molar-refractivity contribution in [3.8, 4) is 0 Å². The maximum absolute atomic E-state index is 13.0. The Balaban J connectivity index is 2.04. The molecule has 2 aliphatic rings. The van der Waals surface area contributed by atoms with Gasteiger partial charge in [-0.1, -0.05) is 0 Å². The van der Waals surface area contributed by atoms with Crippen LogP contribution < -0.4 is 5.32 Å². The summed E-state index contributed by atoms with van der Waals surface area (Å²) in [6.07, 6.45) is 1.28. The van der Waals surface area contributed by atoms with Crippen molar-refractivity contribution in [2.24, 2.45) is 0 Å². The van der Waals surface area contributed by atoms with Crippen LogP contribution in [0.2, 0.25) is 0 Å². The molecule has 0 bridgehead atoms. The van der Waals surface area contributed by atoms with E-state index in [9.17, 15) is 14.7 Å². The SMILES string of the molecule is CNC(=O)CC1(O)CCCN(C(=O)C(C)(C)N2CCOCC2)C1. The van der Waals surface area contributed by atoms with Gasteiger partial charge < -0.3 is 20.1 Å². The van der Waals surface area contributed by atoms with Crippen molar-refractivity contribution in [1.82, 2.24) is 15.1 Å². The number of carbonyl (C=O) groups excluding carboxylic acids is 2. The van der Waals surface area contributed by atoms with Gasteiger partial charge in [-0.3, -0.25) is 14.5 Å². The molecular weight excluding hydrogens is 298 g/mol. The number of carbonyl (C=O) groups is 2. The van der Waals surface area contributed by atoms with Crippen LogP contribution in [0.3, 0.4) is 0 Å². The second-order valence-electron chi connectivity index (χ2n) is 7.06. The van der Waals surface area contributed by atoms with Gasteiger partial charge in [0.25, 0.3) is 0 Å². The zero-order chi connectivity index (χ0) is 17.1. The Morgan fingerprint density at radius 2 is 1.91 bits per heavy atom. The molecule has 1 atom stereocenters. The average Bonchev–Trinajstić information content (AvgIpc) is 2.54. The summed E-state index contributed by atoms with van der Waals surface area (Å²) in [5.41, 5.74) is -1.76. The molecule has 0 aliphatic carbocycles. The van der Waals surface area contributed by atoms with Crippen LogP contribution in [0.4, 0.5) is 0 Å². The third-order valence-corrected chi connectivity index (χ3v) is 4.94. The molecule has 0 spiro atoms. The highest BCUT2D eigenvalue weighted by Crippen LogP contribution is 2.28. The number of rotatable bonds is 4. The number of nitrogens with zero attached hydrogens (tertiary/aromatic N) is 2. The zero-order valence-electron chi connectivity index (χ0n) is 14.4. The molecule has 2 saturated heterocycles.